The molecule has 9 heteroatoms. The van der Waals surface area contributed by atoms with E-state index in [-0.39, 0.29) is 28.7 Å². The van der Waals surface area contributed by atoms with Gasteiger partial charge in [0.2, 0.25) is 5.91 Å². The van der Waals surface area contributed by atoms with E-state index in [9.17, 15) is 14.4 Å². The van der Waals surface area contributed by atoms with Gasteiger partial charge >= 0.3 is 0 Å². The highest BCUT2D eigenvalue weighted by molar-refractivity contribution is 7.71. The number of nitrogens with zero attached hydrogens (tertiary/aromatic N) is 2. The number of rotatable bonds is 6. The number of likely N-dealkylation sites (N-methyl/N-ethyl adjacent to an activating group) is 1. The zero-order valence-corrected chi connectivity index (χ0v) is 18.6. The standard InChI is InChI=1S/C23H23N5O3S/c1-3-27(4-2)20(29)13-28-10-9-14-11-16(6-8-19(14)28)24-21(30)15-5-7-17-18(12-15)25-23(32)26-22(17)31/h5-12H,3-4,13H2,1-2H3,(H,24,30)(H2,25,26,31,32). The lowest BCUT2D eigenvalue weighted by atomic mass is 10.1. The number of carbonyl (C=O) groups is 2. The molecule has 0 aliphatic carbocycles. The predicted octanol–water partition coefficient (Wildman–Crippen LogP) is 3.66. The molecule has 4 rings (SSSR count). The van der Waals surface area contributed by atoms with Gasteiger partial charge in [0.05, 0.1) is 10.9 Å². The summed E-state index contributed by atoms with van der Waals surface area (Å²) in [6, 6.07) is 12.3. The fourth-order valence-electron chi connectivity index (χ4n) is 3.75. The molecule has 0 radical (unpaired) electrons. The highest BCUT2D eigenvalue weighted by atomic mass is 32.1. The summed E-state index contributed by atoms with van der Waals surface area (Å²) in [7, 11) is 0. The summed E-state index contributed by atoms with van der Waals surface area (Å²) in [4.78, 5) is 44.4. The average molecular weight is 450 g/mol. The number of nitrogens with one attached hydrogen (secondary N) is 3. The van der Waals surface area contributed by atoms with Crippen LogP contribution >= 0.6 is 12.2 Å². The molecular weight excluding hydrogens is 426 g/mol. The van der Waals surface area contributed by atoms with Crippen molar-refractivity contribution >= 4 is 51.5 Å². The number of carbonyl (C=O) groups excluding carboxylic acids is 2. The van der Waals surface area contributed by atoms with Crippen LogP contribution in [0.1, 0.15) is 24.2 Å². The molecule has 0 spiro atoms. The second kappa shape index (κ2) is 8.80. The first-order chi connectivity index (χ1) is 15.4. The Morgan fingerprint density at radius 3 is 2.59 bits per heavy atom. The minimum atomic E-state index is -0.304. The fraction of sp³-hybridized carbons (Fsp3) is 0.217. The van der Waals surface area contributed by atoms with E-state index in [1.54, 1.807) is 29.2 Å². The summed E-state index contributed by atoms with van der Waals surface area (Å²) < 4.78 is 2.11. The van der Waals surface area contributed by atoms with E-state index in [0.717, 1.165) is 10.9 Å². The first-order valence-corrected chi connectivity index (χ1v) is 10.7. The largest absolute Gasteiger partial charge is 0.342 e. The van der Waals surface area contributed by atoms with Gasteiger partial charge in [-0.3, -0.25) is 19.4 Å². The first-order valence-electron chi connectivity index (χ1n) is 10.3. The molecule has 0 aliphatic heterocycles. The highest BCUT2D eigenvalue weighted by Gasteiger charge is 2.13. The molecule has 0 unspecified atom stereocenters. The van der Waals surface area contributed by atoms with Crippen LogP contribution in [0.25, 0.3) is 21.8 Å². The van der Waals surface area contributed by atoms with Gasteiger partial charge in [-0.05, 0) is 68.5 Å². The Balaban J connectivity index is 1.55. The Labute approximate surface area is 188 Å². The summed E-state index contributed by atoms with van der Waals surface area (Å²) in [5, 5.41) is 4.23. The van der Waals surface area contributed by atoms with Crippen LogP contribution < -0.4 is 10.9 Å². The van der Waals surface area contributed by atoms with Crippen LogP contribution in [0.2, 0.25) is 0 Å². The van der Waals surface area contributed by atoms with E-state index < -0.39 is 0 Å². The molecule has 0 bridgehead atoms. The van der Waals surface area contributed by atoms with Crippen molar-refractivity contribution in [2.75, 3.05) is 18.4 Å². The van der Waals surface area contributed by atoms with Crippen molar-refractivity contribution in [3.05, 3.63) is 69.3 Å². The normalized spacial score (nSPS) is 11.1. The maximum Gasteiger partial charge on any atom is 0.259 e. The van der Waals surface area contributed by atoms with Crippen LogP contribution in [0.15, 0.2) is 53.5 Å². The molecule has 3 N–H and O–H groups in total. The molecule has 164 valence electrons. The van der Waals surface area contributed by atoms with Crippen LogP contribution in [-0.2, 0) is 11.3 Å². The minimum Gasteiger partial charge on any atom is -0.342 e. The summed E-state index contributed by atoms with van der Waals surface area (Å²) in [6.07, 6.45) is 1.88. The van der Waals surface area contributed by atoms with Gasteiger partial charge in [0.15, 0.2) is 4.77 Å². The van der Waals surface area contributed by atoms with Gasteiger partial charge in [-0.25, -0.2) is 0 Å². The molecule has 0 atom stereocenters. The maximum absolute atomic E-state index is 12.8. The lowest BCUT2D eigenvalue weighted by Crippen LogP contribution is -2.33. The molecule has 2 heterocycles. The van der Waals surface area contributed by atoms with Crippen molar-refractivity contribution in [1.29, 1.82) is 0 Å². The van der Waals surface area contributed by atoms with Gasteiger partial charge in [-0.2, -0.15) is 0 Å². The van der Waals surface area contributed by atoms with E-state index in [0.29, 0.717) is 35.2 Å². The third-order valence-electron chi connectivity index (χ3n) is 5.45. The lowest BCUT2D eigenvalue weighted by Gasteiger charge is -2.19. The predicted molar refractivity (Wildman–Crippen MR) is 128 cm³/mol. The van der Waals surface area contributed by atoms with Gasteiger partial charge < -0.3 is 19.8 Å². The first kappa shape index (κ1) is 21.5. The summed E-state index contributed by atoms with van der Waals surface area (Å²) >= 11 is 5.00. The number of amides is 2. The monoisotopic (exact) mass is 449 g/mol. The molecule has 4 aromatic rings. The van der Waals surface area contributed by atoms with E-state index in [1.807, 2.05) is 42.8 Å². The second-order valence-corrected chi connectivity index (χ2v) is 7.81. The molecule has 0 aliphatic rings. The number of hydrogen-bond acceptors (Lipinski definition) is 4. The van der Waals surface area contributed by atoms with E-state index in [4.69, 9.17) is 12.2 Å². The quantitative estimate of drug-likeness (QED) is 0.391. The third-order valence-corrected chi connectivity index (χ3v) is 5.66. The molecule has 2 amide bonds. The Morgan fingerprint density at radius 2 is 1.84 bits per heavy atom. The van der Waals surface area contributed by atoms with Gasteiger partial charge in [0.1, 0.15) is 6.54 Å². The van der Waals surface area contributed by atoms with E-state index in [2.05, 4.69) is 15.3 Å². The zero-order chi connectivity index (χ0) is 22.8. The highest BCUT2D eigenvalue weighted by Crippen LogP contribution is 2.22. The number of hydrogen-bond donors (Lipinski definition) is 3. The van der Waals surface area contributed by atoms with Gasteiger partial charge in [0, 0.05) is 41.4 Å². The molecule has 8 nitrogen and oxygen atoms in total. The maximum atomic E-state index is 12.8. The Morgan fingerprint density at radius 1 is 1.06 bits per heavy atom. The summed E-state index contributed by atoms with van der Waals surface area (Å²) in [6.45, 7) is 5.56. The van der Waals surface area contributed by atoms with Gasteiger partial charge in [0.25, 0.3) is 11.5 Å². The third kappa shape index (κ3) is 4.19. The van der Waals surface area contributed by atoms with E-state index >= 15 is 0 Å². The number of fused-ring (bicyclic) bond motifs is 2. The Hall–Kier alpha value is -3.72. The van der Waals surface area contributed by atoms with Crippen LogP contribution in [-0.4, -0.2) is 44.3 Å². The summed E-state index contributed by atoms with van der Waals surface area (Å²) in [5.41, 5.74) is 2.15. The van der Waals surface area contributed by atoms with Gasteiger partial charge in [-0.15, -0.1) is 0 Å². The smallest absolute Gasteiger partial charge is 0.259 e. The zero-order valence-electron chi connectivity index (χ0n) is 17.8. The Kier molecular flexibility index (Phi) is 5.91. The van der Waals surface area contributed by atoms with Crippen LogP contribution in [0.4, 0.5) is 5.69 Å². The minimum absolute atomic E-state index is 0.0686. The number of benzene rings is 2. The molecule has 2 aromatic heterocycles. The van der Waals surface area contributed by atoms with Crippen molar-refractivity contribution in [3.63, 3.8) is 0 Å². The molecule has 32 heavy (non-hydrogen) atoms. The summed E-state index contributed by atoms with van der Waals surface area (Å²) in [5.74, 6) is -0.235. The average Bonchev–Trinajstić information content (AvgIpc) is 3.15. The topological polar surface area (TPSA) is 103 Å². The van der Waals surface area contributed by atoms with Crippen LogP contribution in [0.3, 0.4) is 0 Å². The molecule has 0 saturated carbocycles. The number of aromatic nitrogens is 3. The lowest BCUT2D eigenvalue weighted by molar-refractivity contribution is -0.131. The van der Waals surface area contributed by atoms with Crippen molar-refractivity contribution < 1.29 is 9.59 Å². The SMILES string of the molecule is CCN(CC)C(=O)Cn1ccc2cc(NC(=O)c3ccc4c(=O)[nH]c(=S)[nH]c4c3)ccc21. The molecule has 0 saturated heterocycles. The van der Waals surface area contributed by atoms with Gasteiger partial charge in [-0.1, -0.05) is 0 Å². The van der Waals surface area contributed by atoms with Crippen molar-refractivity contribution in [3.8, 4) is 0 Å². The van der Waals surface area contributed by atoms with Crippen molar-refractivity contribution in [2.45, 2.75) is 20.4 Å². The second-order valence-electron chi connectivity index (χ2n) is 7.41. The molecule has 2 aromatic carbocycles. The fourth-order valence-corrected chi connectivity index (χ4v) is 3.95. The van der Waals surface area contributed by atoms with Crippen molar-refractivity contribution in [2.24, 2.45) is 0 Å². The molecule has 0 fully saturated rings. The van der Waals surface area contributed by atoms with Crippen molar-refractivity contribution in [1.82, 2.24) is 19.4 Å². The number of H-pyrrole nitrogens is 2. The number of aromatic amines is 2. The Bertz CT molecular complexity index is 1450. The van der Waals surface area contributed by atoms with E-state index in [1.165, 1.54) is 0 Å². The van der Waals surface area contributed by atoms with Crippen LogP contribution in [0, 0.1) is 4.77 Å². The van der Waals surface area contributed by atoms with Crippen LogP contribution in [0.5, 0.6) is 0 Å². The molecular formula is C23H23N5O3S. The number of anilines is 1.